The van der Waals surface area contributed by atoms with Crippen molar-refractivity contribution in [2.45, 2.75) is 97.1 Å². The topological polar surface area (TPSA) is 181 Å². The molecule has 4 fully saturated rings. The number of ether oxygens (including phenoxy) is 1. The maximum atomic E-state index is 14.3. The first-order valence-corrected chi connectivity index (χ1v) is 32.1. The van der Waals surface area contributed by atoms with Crippen molar-refractivity contribution in [2.24, 2.45) is 5.41 Å². The van der Waals surface area contributed by atoms with Gasteiger partial charge in [-0.3, -0.25) is 34.4 Å². The van der Waals surface area contributed by atoms with E-state index in [2.05, 4.69) is 61.1 Å². The van der Waals surface area contributed by atoms with Crippen molar-refractivity contribution < 1.29 is 49.1 Å². The Labute approximate surface area is 483 Å². The summed E-state index contributed by atoms with van der Waals surface area (Å²) in [4.78, 5) is 48.5. The molecule has 0 radical (unpaired) electrons. The fourth-order valence-corrected chi connectivity index (χ4v) is 14.9. The molecule has 438 valence electrons. The highest BCUT2D eigenvalue weighted by Crippen LogP contribution is 2.45. The molecule has 5 aliphatic rings. The molecule has 3 N–H and O–H groups in total. The summed E-state index contributed by atoms with van der Waals surface area (Å²) in [7, 11) is -11.0. The molecule has 23 heteroatoms. The van der Waals surface area contributed by atoms with Crippen LogP contribution in [-0.2, 0) is 34.2 Å². The van der Waals surface area contributed by atoms with Crippen molar-refractivity contribution in [1.82, 2.24) is 29.6 Å². The molecule has 0 saturated carbocycles. The Kier molecular flexibility index (Phi) is 19.6. The minimum atomic E-state index is -6.09. The van der Waals surface area contributed by atoms with Crippen molar-refractivity contribution in [3.63, 3.8) is 0 Å². The SMILES string of the molecule is C[C@H]1CN(C2CCC(=O)NC2=O)CCN1C[C@]1(C)CCC(c2ccc(Cl)cc2)=C(CN2CCN(c3ccc(C(=O)NS(=O)(=O)c4ccc(N[C@H](CCN5CCCOCC5)CSc5ccccc5)c(S(=O)(=O)C(F)(F)F)c4)cc3)CC2)C1. The second-order valence-electron chi connectivity index (χ2n) is 22.3. The Hall–Kier alpha value is -5.04. The maximum absolute atomic E-state index is 14.3. The molecule has 3 amide bonds. The summed E-state index contributed by atoms with van der Waals surface area (Å²) >= 11 is 7.79. The van der Waals surface area contributed by atoms with E-state index in [-0.39, 0.29) is 34.9 Å². The molecule has 4 atom stereocenters. The van der Waals surface area contributed by atoms with Gasteiger partial charge in [0.15, 0.2) is 0 Å². The highest BCUT2D eigenvalue weighted by Gasteiger charge is 2.49. The third-order valence-electron chi connectivity index (χ3n) is 16.3. The molecule has 4 saturated heterocycles. The van der Waals surface area contributed by atoms with Crippen molar-refractivity contribution in [2.75, 3.05) is 108 Å². The lowest BCUT2D eigenvalue weighted by Crippen LogP contribution is -2.61. The van der Waals surface area contributed by atoms with Crippen molar-refractivity contribution in [1.29, 1.82) is 0 Å². The number of thioether (sulfide) groups is 1. The largest absolute Gasteiger partial charge is 0.501 e. The predicted octanol–water partition coefficient (Wildman–Crippen LogP) is 8.01. The number of rotatable bonds is 19. The van der Waals surface area contributed by atoms with E-state index in [1.165, 1.54) is 40.6 Å². The molecule has 16 nitrogen and oxygen atoms in total. The zero-order valence-corrected chi connectivity index (χ0v) is 49.0. The van der Waals surface area contributed by atoms with E-state index in [4.69, 9.17) is 16.3 Å². The molecule has 0 spiro atoms. The van der Waals surface area contributed by atoms with E-state index in [0.717, 1.165) is 101 Å². The number of carbonyl (C=O) groups is 3. The lowest BCUT2D eigenvalue weighted by Gasteiger charge is -2.48. The van der Waals surface area contributed by atoms with Crippen molar-refractivity contribution in [3.8, 4) is 0 Å². The van der Waals surface area contributed by atoms with Gasteiger partial charge in [-0.25, -0.2) is 21.6 Å². The Morgan fingerprint density at radius 3 is 2.32 bits per heavy atom. The van der Waals surface area contributed by atoms with Crippen LogP contribution in [0.1, 0.15) is 74.7 Å². The lowest BCUT2D eigenvalue weighted by atomic mass is 9.71. The van der Waals surface area contributed by atoms with Crippen LogP contribution in [0.25, 0.3) is 5.57 Å². The Bertz CT molecular complexity index is 3130. The predicted molar refractivity (Wildman–Crippen MR) is 310 cm³/mol. The molecule has 1 aliphatic carbocycles. The molecule has 81 heavy (non-hydrogen) atoms. The smallest absolute Gasteiger partial charge is 0.380 e. The van der Waals surface area contributed by atoms with Crippen LogP contribution in [0.4, 0.5) is 24.5 Å². The molecule has 9 rings (SSSR count). The van der Waals surface area contributed by atoms with E-state index >= 15 is 0 Å². The van der Waals surface area contributed by atoms with Crippen LogP contribution in [0, 0.1) is 5.41 Å². The molecule has 1 unspecified atom stereocenters. The van der Waals surface area contributed by atoms with Gasteiger partial charge in [0.05, 0.1) is 23.2 Å². The number of sulfone groups is 1. The van der Waals surface area contributed by atoms with Gasteiger partial charge in [0.2, 0.25) is 11.8 Å². The van der Waals surface area contributed by atoms with Gasteiger partial charge in [-0.15, -0.1) is 11.8 Å². The number of nitrogens with zero attached hydrogens (tertiary/aromatic N) is 5. The number of carbonyl (C=O) groups excluding carboxylic acids is 3. The Balaban J connectivity index is 0.832. The number of imide groups is 1. The molecular weight excluding hydrogens is 1130 g/mol. The lowest BCUT2D eigenvalue weighted by molar-refractivity contribution is -0.138. The zero-order valence-electron chi connectivity index (χ0n) is 45.8. The van der Waals surface area contributed by atoms with Crippen LogP contribution in [0.15, 0.2) is 117 Å². The third-order valence-corrected chi connectivity index (χ3v) is 20.6. The fourth-order valence-electron chi connectivity index (χ4n) is 11.8. The van der Waals surface area contributed by atoms with Crippen LogP contribution < -0.4 is 20.3 Å². The Morgan fingerprint density at radius 1 is 0.877 bits per heavy atom. The van der Waals surface area contributed by atoms with Gasteiger partial charge in [-0.1, -0.05) is 54.4 Å². The number of halogens is 4. The van der Waals surface area contributed by atoms with E-state index in [0.29, 0.717) is 75.5 Å². The minimum Gasteiger partial charge on any atom is -0.380 e. The Morgan fingerprint density at radius 2 is 1.62 bits per heavy atom. The molecule has 4 heterocycles. The first-order valence-electron chi connectivity index (χ1n) is 27.8. The highest BCUT2D eigenvalue weighted by atomic mass is 35.5. The summed E-state index contributed by atoms with van der Waals surface area (Å²) in [5, 5.41) is 6.21. The van der Waals surface area contributed by atoms with E-state index in [9.17, 15) is 44.4 Å². The second-order valence-corrected chi connectivity index (χ2v) is 27.4. The maximum Gasteiger partial charge on any atom is 0.501 e. The highest BCUT2D eigenvalue weighted by molar-refractivity contribution is 7.99. The zero-order chi connectivity index (χ0) is 57.5. The van der Waals surface area contributed by atoms with Gasteiger partial charge in [0.25, 0.3) is 25.8 Å². The molecule has 0 bridgehead atoms. The van der Waals surface area contributed by atoms with Gasteiger partial charge in [0.1, 0.15) is 4.90 Å². The molecule has 0 aromatic heterocycles. The number of nitrogens with one attached hydrogen (secondary N) is 3. The summed E-state index contributed by atoms with van der Waals surface area (Å²) in [6.45, 7) is 14.7. The van der Waals surface area contributed by atoms with Crippen LogP contribution >= 0.6 is 23.4 Å². The fraction of sp³-hybridized carbons (Fsp3) is 0.500. The van der Waals surface area contributed by atoms with Gasteiger partial charge in [-0.2, -0.15) is 13.2 Å². The number of alkyl halides is 3. The number of sulfonamides is 1. The summed E-state index contributed by atoms with van der Waals surface area (Å²) in [5.41, 5.74) is -1.44. The quantitative estimate of drug-likeness (QED) is 0.0607. The first-order chi connectivity index (χ1) is 38.6. The molecule has 4 aromatic rings. The standard InChI is InChI=1S/C58H72ClF3N8O8S3/c1-41-37-69(52-19-20-54(71)64-56(52)73)30-31-70(41)40-57(2)23-21-50(42-9-13-45(59)14-10-42)44(36-57)38-67-26-28-68(29-27-67)47-15-11-43(12-16-47)55(72)65-81(76,77)49-17-18-51(53(35-49)80(74,75)58(60,61)62)63-46(39-79-48-7-4-3-5-8-48)22-25-66-24-6-33-78-34-32-66/h3-5,7-18,35,41,46,52,63H,6,19-34,36-40H2,1-2H3,(H,65,72)(H,64,71,73)/t41-,46+,52?,57+/m0/s1. The number of piperidine rings is 1. The van der Waals surface area contributed by atoms with Crippen LogP contribution in [0.2, 0.25) is 5.02 Å². The van der Waals surface area contributed by atoms with E-state index in [1.807, 2.05) is 47.2 Å². The van der Waals surface area contributed by atoms with Gasteiger partial charge >= 0.3 is 5.51 Å². The van der Waals surface area contributed by atoms with Crippen molar-refractivity contribution in [3.05, 3.63) is 119 Å². The summed E-state index contributed by atoms with van der Waals surface area (Å²) in [6.07, 6.45) is 5.03. The van der Waals surface area contributed by atoms with Crippen LogP contribution in [0.3, 0.4) is 0 Å². The van der Waals surface area contributed by atoms with E-state index < -0.39 is 52.8 Å². The average molecular weight is 1200 g/mol. The number of piperazine rings is 2. The number of hydrogen-bond acceptors (Lipinski definition) is 15. The number of amides is 3. The number of anilines is 2. The normalized spacial score (nSPS) is 23.0. The summed E-state index contributed by atoms with van der Waals surface area (Å²) in [6, 6.07) is 25.7. The molecule has 4 aliphatic heterocycles. The number of benzene rings is 4. The average Bonchev–Trinajstić information content (AvgIpc) is 3.83. The van der Waals surface area contributed by atoms with Gasteiger partial charge in [0, 0.05) is 131 Å². The second kappa shape index (κ2) is 26.3. The summed E-state index contributed by atoms with van der Waals surface area (Å²) in [5.74, 6) is -1.08. The van der Waals surface area contributed by atoms with E-state index in [1.54, 1.807) is 12.1 Å². The van der Waals surface area contributed by atoms with Crippen LogP contribution in [0.5, 0.6) is 0 Å². The monoisotopic (exact) mass is 1200 g/mol. The summed E-state index contributed by atoms with van der Waals surface area (Å²) < 4.78 is 104. The van der Waals surface area contributed by atoms with Gasteiger partial charge in [-0.05, 0) is 129 Å². The number of hydrogen-bond donors (Lipinski definition) is 3. The molecule has 4 aromatic carbocycles. The first kappa shape index (κ1) is 60.5. The van der Waals surface area contributed by atoms with Crippen molar-refractivity contribution >= 4 is 77.9 Å². The number of allylic oxidation sites excluding steroid dienone is 1. The third kappa shape index (κ3) is 15.4. The molecular formula is C58H72ClF3N8O8S3. The van der Waals surface area contributed by atoms with Crippen LogP contribution in [-0.4, -0.2) is 175 Å². The minimum absolute atomic E-state index is 0.0134. The van der Waals surface area contributed by atoms with Gasteiger partial charge < -0.3 is 19.9 Å².